The average Bonchev–Trinajstić information content (AvgIpc) is 3.20. The van der Waals surface area contributed by atoms with E-state index in [0.29, 0.717) is 16.6 Å². The molecule has 3 rings (SSSR count). The number of hydrogen-bond acceptors (Lipinski definition) is 6. The quantitative estimate of drug-likeness (QED) is 0.573. The molecule has 2 N–H and O–H groups in total. The Hall–Kier alpha value is -2.39. The largest absolute Gasteiger partial charge is 0.463 e. The van der Waals surface area contributed by atoms with Crippen LogP contribution in [0.15, 0.2) is 61.8 Å². The van der Waals surface area contributed by atoms with Gasteiger partial charge in [0, 0.05) is 16.6 Å². The molecule has 0 spiro atoms. The summed E-state index contributed by atoms with van der Waals surface area (Å²) in [6.07, 6.45) is 3.02. The highest BCUT2D eigenvalue weighted by atomic mass is 79.9. The molecule has 2 amide bonds. The minimum absolute atomic E-state index is 0.0491. The Balaban J connectivity index is 1.53. The van der Waals surface area contributed by atoms with Gasteiger partial charge in [0.1, 0.15) is 11.0 Å². The van der Waals surface area contributed by atoms with Gasteiger partial charge in [-0.2, -0.15) is 5.10 Å². The van der Waals surface area contributed by atoms with E-state index in [1.165, 1.54) is 24.2 Å². The highest BCUT2D eigenvalue weighted by molar-refractivity contribution is 9.10. The fourth-order valence-electron chi connectivity index (χ4n) is 2.00. The minimum Gasteiger partial charge on any atom is -0.463 e. The van der Waals surface area contributed by atoms with E-state index in [9.17, 15) is 9.59 Å². The molecule has 1 aliphatic rings. The van der Waals surface area contributed by atoms with Crippen LogP contribution in [-0.2, 0) is 9.59 Å². The molecule has 0 aliphatic carbocycles. The predicted molar refractivity (Wildman–Crippen MR) is 101 cm³/mol. The number of carbonyl (C=O) groups excluding carboxylic acids is 2. The summed E-state index contributed by atoms with van der Waals surface area (Å²) in [5.41, 5.74) is 0.675. The van der Waals surface area contributed by atoms with Gasteiger partial charge < -0.3 is 15.1 Å². The molecule has 2 aromatic rings. The van der Waals surface area contributed by atoms with Crippen LogP contribution in [0.1, 0.15) is 12.2 Å². The van der Waals surface area contributed by atoms with Crippen molar-refractivity contribution in [2.45, 2.75) is 11.7 Å². The Morgan fingerprint density at radius 3 is 2.88 bits per heavy atom. The third kappa shape index (κ3) is 5.04. The fourth-order valence-corrected chi connectivity index (χ4v) is 3.19. The summed E-state index contributed by atoms with van der Waals surface area (Å²) in [6, 6.07) is 10.7. The number of carbonyl (C=O) groups is 2. The van der Waals surface area contributed by atoms with E-state index < -0.39 is 5.25 Å². The molecule has 1 aliphatic heterocycles. The first-order valence-corrected chi connectivity index (χ1v) is 8.95. The summed E-state index contributed by atoms with van der Waals surface area (Å²) in [5, 5.41) is 13.0. The topological polar surface area (TPSA) is 96.1 Å². The second kappa shape index (κ2) is 8.13. The van der Waals surface area contributed by atoms with Crippen LogP contribution in [0.4, 0.5) is 5.69 Å². The van der Waals surface area contributed by atoms with Gasteiger partial charge in [0.15, 0.2) is 5.17 Å². The molecule has 7 nitrogen and oxygen atoms in total. The molecule has 2 heterocycles. The number of halogens is 1. The van der Waals surface area contributed by atoms with Gasteiger partial charge in [-0.15, -0.1) is 5.10 Å². The van der Waals surface area contributed by atoms with Crippen molar-refractivity contribution >= 4 is 56.6 Å². The SMILES string of the molecule is O=C(CC1S/C(=N\N=C/c2ccco2)NC1=O)Nc1ccc(Br)cc1. The van der Waals surface area contributed by atoms with Crippen LogP contribution in [0.5, 0.6) is 0 Å². The lowest BCUT2D eigenvalue weighted by atomic mass is 10.2. The van der Waals surface area contributed by atoms with Crippen LogP contribution < -0.4 is 10.6 Å². The third-order valence-corrected chi connectivity index (χ3v) is 4.75. The Labute approximate surface area is 156 Å². The zero-order chi connectivity index (χ0) is 17.6. The van der Waals surface area contributed by atoms with Gasteiger partial charge in [0.25, 0.3) is 0 Å². The third-order valence-electron chi connectivity index (χ3n) is 3.15. The molecule has 1 atom stereocenters. The maximum Gasteiger partial charge on any atom is 0.240 e. The summed E-state index contributed by atoms with van der Waals surface area (Å²) >= 11 is 4.50. The first-order valence-electron chi connectivity index (χ1n) is 7.27. The molecule has 1 aromatic heterocycles. The zero-order valence-corrected chi connectivity index (χ0v) is 15.2. The van der Waals surface area contributed by atoms with Crippen LogP contribution in [0.3, 0.4) is 0 Å². The molecule has 0 saturated carbocycles. The minimum atomic E-state index is -0.534. The Bertz CT molecular complexity index is 818. The number of furan rings is 1. The number of nitrogens with one attached hydrogen (secondary N) is 2. The lowest BCUT2D eigenvalue weighted by Crippen LogP contribution is -2.28. The van der Waals surface area contributed by atoms with E-state index in [1.54, 1.807) is 24.3 Å². The van der Waals surface area contributed by atoms with E-state index in [1.807, 2.05) is 12.1 Å². The summed E-state index contributed by atoms with van der Waals surface area (Å²) in [7, 11) is 0. The molecule has 25 heavy (non-hydrogen) atoms. The molecular weight excluding hydrogens is 408 g/mol. The van der Waals surface area contributed by atoms with Crippen molar-refractivity contribution in [1.82, 2.24) is 5.32 Å². The van der Waals surface area contributed by atoms with Gasteiger partial charge in [-0.3, -0.25) is 9.59 Å². The smallest absolute Gasteiger partial charge is 0.240 e. The van der Waals surface area contributed by atoms with Crippen molar-refractivity contribution in [2.24, 2.45) is 10.2 Å². The summed E-state index contributed by atoms with van der Waals surface area (Å²) in [4.78, 5) is 24.0. The number of rotatable bonds is 5. The molecule has 1 saturated heterocycles. The van der Waals surface area contributed by atoms with Crippen molar-refractivity contribution in [2.75, 3.05) is 5.32 Å². The molecule has 1 aromatic carbocycles. The molecule has 1 unspecified atom stereocenters. The molecule has 0 radical (unpaired) electrons. The van der Waals surface area contributed by atoms with Crippen molar-refractivity contribution in [3.63, 3.8) is 0 Å². The maximum absolute atomic E-state index is 12.1. The molecular formula is C16H13BrN4O3S. The number of anilines is 1. The lowest BCUT2D eigenvalue weighted by Gasteiger charge is -2.07. The van der Waals surface area contributed by atoms with Crippen molar-refractivity contribution in [3.05, 3.63) is 52.9 Å². The van der Waals surface area contributed by atoms with Crippen molar-refractivity contribution in [1.29, 1.82) is 0 Å². The molecule has 128 valence electrons. The second-order valence-electron chi connectivity index (χ2n) is 5.02. The summed E-state index contributed by atoms with van der Waals surface area (Å²) in [5.74, 6) is 0.0577. The first-order chi connectivity index (χ1) is 12.1. The van der Waals surface area contributed by atoms with Crippen molar-refractivity contribution in [3.8, 4) is 0 Å². The van der Waals surface area contributed by atoms with Gasteiger partial charge in [-0.1, -0.05) is 27.7 Å². The number of hydrogen-bond donors (Lipinski definition) is 2. The molecule has 1 fully saturated rings. The number of amides is 2. The number of amidine groups is 1. The van der Waals surface area contributed by atoms with Gasteiger partial charge in [0.2, 0.25) is 11.8 Å². The standard InChI is InChI=1S/C16H13BrN4O3S/c17-10-3-5-11(6-4-10)19-14(22)8-13-15(23)20-16(25-13)21-18-9-12-2-1-7-24-12/h1-7,9,13H,8H2,(H,19,22)(H,20,21,23)/b18-9-. The normalized spacial score (nSPS) is 18.7. The van der Waals surface area contributed by atoms with E-state index in [-0.39, 0.29) is 18.2 Å². The summed E-state index contributed by atoms with van der Waals surface area (Å²) in [6.45, 7) is 0. The predicted octanol–water partition coefficient (Wildman–Crippen LogP) is 2.99. The highest BCUT2D eigenvalue weighted by Crippen LogP contribution is 2.23. The number of thioether (sulfide) groups is 1. The second-order valence-corrected chi connectivity index (χ2v) is 7.13. The Morgan fingerprint density at radius 2 is 2.16 bits per heavy atom. The Kier molecular flexibility index (Phi) is 5.67. The Morgan fingerprint density at radius 1 is 1.36 bits per heavy atom. The van der Waals surface area contributed by atoms with Crippen LogP contribution >= 0.6 is 27.7 Å². The monoisotopic (exact) mass is 420 g/mol. The van der Waals surface area contributed by atoms with E-state index in [4.69, 9.17) is 4.42 Å². The number of nitrogens with zero attached hydrogens (tertiary/aromatic N) is 2. The van der Waals surface area contributed by atoms with Crippen LogP contribution in [0.2, 0.25) is 0 Å². The van der Waals surface area contributed by atoms with Gasteiger partial charge in [-0.05, 0) is 36.4 Å². The molecule has 0 bridgehead atoms. The van der Waals surface area contributed by atoms with E-state index >= 15 is 0 Å². The van der Waals surface area contributed by atoms with Gasteiger partial charge >= 0.3 is 0 Å². The van der Waals surface area contributed by atoms with Gasteiger partial charge in [0.05, 0.1) is 12.5 Å². The fraction of sp³-hybridized carbons (Fsp3) is 0.125. The highest BCUT2D eigenvalue weighted by Gasteiger charge is 2.32. The lowest BCUT2D eigenvalue weighted by molar-refractivity contribution is -0.122. The molecule has 9 heteroatoms. The van der Waals surface area contributed by atoms with E-state index in [2.05, 4.69) is 36.8 Å². The summed E-state index contributed by atoms with van der Waals surface area (Å²) < 4.78 is 6.01. The zero-order valence-electron chi connectivity index (χ0n) is 12.8. The van der Waals surface area contributed by atoms with Crippen molar-refractivity contribution < 1.29 is 14.0 Å². The maximum atomic E-state index is 12.1. The van der Waals surface area contributed by atoms with Crippen LogP contribution in [0, 0.1) is 0 Å². The number of benzene rings is 1. The van der Waals surface area contributed by atoms with Gasteiger partial charge in [-0.25, -0.2) is 0 Å². The van der Waals surface area contributed by atoms with Crippen LogP contribution in [-0.4, -0.2) is 28.4 Å². The van der Waals surface area contributed by atoms with E-state index in [0.717, 1.165) is 4.47 Å². The first kappa shape index (κ1) is 17.4. The average molecular weight is 421 g/mol. The van der Waals surface area contributed by atoms with Crippen LogP contribution in [0.25, 0.3) is 0 Å².